The summed E-state index contributed by atoms with van der Waals surface area (Å²) in [6.07, 6.45) is 5.93. The van der Waals surface area contributed by atoms with Crippen molar-refractivity contribution in [1.29, 1.82) is 0 Å². The van der Waals surface area contributed by atoms with Gasteiger partial charge in [-0.1, -0.05) is 30.3 Å². The maximum atomic E-state index is 9.60. The second-order valence-electron chi connectivity index (χ2n) is 7.05. The molecule has 2 aromatic heterocycles. The average molecular weight is 388 g/mol. The number of nitrogens with zero attached hydrogens (tertiary/aromatic N) is 3. The van der Waals surface area contributed by atoms with Gasteiger partial charge in [-0.3, -0.25) is 0 Å². The molecule has 1 unspecified atom stereocenters. The van der Waals surface area contributed by atoms with Crippen LogP contribution in [-0.2, 0) is 13.0 Å². The Labute approximate surface area is 169 Å². The summed E-state index contributed by atoms with van der Waals surface area (Å²) in [7, 11) is 0. The summed E-state index contributed by atoms with van der Waals surface area (Å²) in [5.41, 5.74) is 4.75. The fraction of sp³-hybridized carbons (Fsp3) is 0.217. The topological polar surface area (TPSA) is 83.2 Å². The minimum absolute atomic E-state index is 0.0496. The molecule has 0 fully saturated rings. The van der Waals surface area contributed by atoms with Crippen LogP contribution in [0.25, 0.3) is 16.6 Å². The molecule has 0 bridgehead atoms. The van der Waals surface area contributed by atoms with Gasteiger partial charge in [-0.25, -0.2) is 9.97 Å². The summed E-state index contributed by atoms with van der Waals surface area (Å²) in [5.74, 6) is 0.776. The van der Waals surface area contributed by atoms with Gasteiger partial charge < -0.3 is 20.1 Å². The van der Waals surface area contributed by atoms with Crippen LogP contribution >= 0.6 is 0 Å². The Morgan fingerprint density at radius 3 is 2.55 bits per heavy atom. The number of rotatable bonds is 7. The van der Waals surface area contributed by atoms with Crippen LogP contribution in [-0.4, -0.2) is 31.4 Å². The second-order valence-corrected chi connectivity index (χ2v) is 7.05. The van der Waals surface area contributed by atoms with Crippen molar-refractivity contribution in [2.75, 3.05) is 11.9 Å². The molecule has 1 atom stereocenters. The zero-order valence-corrected chi connectivity index (χ0v) is 16.3. The van der Waals surface area contributed by atoms with Gasteiger partial charge in [0.05, 0.1) is 12.1 Å². The van der Waals surface area contributed by atoms with Gasteiger partial charge in [-0.15, -0.1) is 0 Å². The highest BCUT2D eigenvalue weighted by Crippen LogP contribution is 2.27. The van der Waals surface area contributed by atoms with Crippen molar-refractivity contribution in [1.82, 2.24) is 14.5 Å². The van der Waals surface area contributed by atoms with E-state index in [1.54, 1.807) is 6.33 Å². The SMILES string of the molecule is CC(Nc1ncnc2ccc(-n3cc(CO)c(CCO)c3)cc12)c1ccccc1. The normalized spacial score (nSPS) is 12.2. The Bertz CT molecular complexity index is 1110. The maximum absolute atomic E-state index is 9.60. The Kier molecular flexibility index (Phi) is 5.55. The van der Waals surface area contributed by atoms with Crippen LogP contribution in [0.2, 0.25) is 0 Å². The highest BCUT2D eigenvalue weighted by atomic mass is 16.3. The molecule has 4 rings (SSSR count). The van der Waals surface area contributed by atoms with Crippen molar-refractivity contribution in [2.45, 2.75) is 26.0 Å². The third-order valence-electron chi connectivity index (χ3n) is 5.12. The van der Waals surface area contributed by atoms with Crippen molar-refractivity contribution < 1.29 is 10.2 Å². The largest absolute Gasteiger partial charge is 0.396 e. The number of aliphatic hydroxyl groups is 2. The predicted octanol–water partition coefficient (Wildman–Crippen LogP) is 3.62. The van der Waals surface area contributed by atoms with E-state index in [9.17, 15) is 10.2 Å². The number of benzene rings is 2. The van der Waals surface area contributed by atoms with Crippen LogP contribution in [0, 0.1) is 0 Å². The molecule has 0 saturated heterocycles. The van der Waals surface area contributed by atoms with E-state index < -0.39 is 0 Å². The molecule has 148 valence electrons. The Morgan fingerprint density at radius 2 is 1.79 bits per heavy atom. The average Bonchev–Trinajstić information content (AvgIpc) is 3.17. The van der Waals surface area contributed by atoms with Crippen molar-refractivity contribution >= 4 is 16.7 Å². The lowest BCUT2D eigenvalue weighted by molar-refractivity contribution is 0.276. The molecule has 2 heterocycles. The number of aromatic nitrogens is 3. The van der Waals surface area contributed by atoms with Gasteiger partial charge in [-0.05, 0) is 48.2 Å². The van der Waals surface area contributed by atoms with Crippen LogP contribution in [0.1, 0.15) is 29.7 Å². The second kappa shape index (κ2) is 8.43. The molecule has 6 heteroatoms. The molecule has 0 spiro atoms. The van der Waals surface area contributed by atoms with Crippen molar-refractivity contribution in [3.63, 3.8) is 0 Å². The maximum Gasteiger partial charge on any atom is 0.137 e. The molecule has 0 aliphatic carbocycles. The first-order valence-corrected chi connectivity index (χ1v) is 9.67. The molecule has 0 radical (unpaired) electrons. The molecule has 4 aromatic rings. The highest BCUT2D eigenvalue weighted by molar-refractivity contribution is 5.90. The smallest absolute Gasteiger partial charge is 0.137 e. The molecule has 3 N–H and O–H groups in total. The highest BCUT2D eigenvalue weighted by Gasteiger charge is 2.12. The first-order valence-electron chi connectivity index (χ1n) is 9.67. The molecule has 0 aliphatic heterocycles. The Morgan fingerprint density at radius 1 is 1.00 bits per heavy atom. The summed E-state index contributed by atoms with van der Waals surface area (Å²) in [4.78, 5) is 8.86. The fourth-order valence-corrected chi connectivity index (χ4v) is 3.53. The van der Waals surface area contributed by atoms with Gasteiger partial charge in [0, 0.05) is 36.1 Å². The van der Waals surface area contributed by atoms with Gasteiger partial charge in [0.2, 0.25) is 0 Å². The number of hydrogen-bond donors (Lipinski definition) is 3. The lowest BCUT2D eigenvalue weighted by Gasteiger charge is -2.16. The Balaban J connectivity index is 1.71. The molecule has 2 aromatic carbocycles. The van der Waals surface area contributed by atoms with Crippen LogP contribution in [0.4, 0.5) is 5.82 Å². The van der Waals surface area contributed by atoms with E-state index in [4.69, 9.17) is 0 Å². The number of anilines is 1. The van der Waals surface area contributed by atoms with E-state index in [0.29, 0.717) is 6.42 Å². The molecule has 6 nitrogen and oxygen atoms in total. The van der Waals surface area contributed by atoms with Crippen LogP contribution in [0.15, 0.2) is 67.3 Å². The molecule has 29 heavy (non-hydrogen) atoms. The quantitative estimate of drug-likeness (QED) is 0.450. The minimum Gasteiger partial charge on any atom is -0.396 e. The third-order valence-corrected chi connectivity index (χ3v) is 5.12. The predicted molar refractivity (Wildman–Crippen MR) is 114 cm³/mol. The lowest BCUT2D eigenvalue weighted by Crippen LogP contribution is -2.08. The molecule has 0 saturated carbocycles. The van der Waals surface area contributed by atoms with Gasteiger partial charge in [0.25, 0.3) is 0 Å². The van der Waals surface area contributed by atoms with Crippen LogP contribution < -0.4 is 5.32 Å². The molecule has 0 amide bonds. The van der Waals surface area contributed by atoms with E-state index in [2.05, 4.69) is 34.3 Å². The van der Waals surface area contributed by atoms with Crippen molar-refractivity contribution in [3.05, 3.63) is 83.9 Å². The summed E-state index contributed by atoms with van der Waals surface area (Å²) < 4.78 is 1.97. The van der Waals surface area contributed by atoms with Gasteiger partial charge in [-0.2, -0.15) is 0 Å². The zero-order chi connectivity index (χ0) is 20.2. The number of aliphatic hydroxyl groups excluding tert-OH is 2. The fourth-order valence-electron chi connectivity index (χ4n) is 3.53. The minimum atomic E-state index is -0.0551. The summed E-state index contributed by atoms with van der Waals surface area (Å²) in [6.45, 7) is 2.10. The van der Waals surface area contributed by atoms with Crippen LogP contribution in [0.3, 0.4) is 0 Å². The van der Waals surface area contributed by atoms with Crippen LogP contribution in [0.5, 0.6) is 0 Å². The van der Waals surface area contributed by atoms with E-state index >= 15 is 0 Å². The third kappa shape index (κ3) is 3.99. The number of fused-ring (bicyclic) bond motifs is 1. The zero-order valence-electron chi connectivity index (χ0n) is 16.3. The first-order chi connectivity index (χ1) is 14.2. The molecular formula is C23H24N4O2. The lowest BCUT2D eigenvalue weighted by atomic mass is 10.1. The standard InChI is InChI=1S/C23H24N4O2/c1-16(17-5-3-2-4-6-17)26-23-21-11-20(7-8-22(21)24-15-25-23)27-12-18(9-10-28)19(13-27)14-29/h2-8,11-13,15-16,28-29H,9-10,14H2,1H3,(H,24,25,26). The van der Waals surface area contributed by atoms with Gasteiger partial charge >= 0.3 is 0 Å². The van der Waals surface area contributed by atoms with Gasteiger partial charge in [0.1, 0.15) is 12.1 Å². The van der Waals surface area contributed by atoms with Crippen molar-refractivity contribution in [3.8, 4) is 5.69 Å². The summed E-state index contributed by atoms with van der Waals surface area (Å²) in [5, 5.41) is 23.3. The molecular weight excluding hydrogens is 364 g/mol. The number of hydrogen-bond acceptors (Lipinski definition) is 5. The van der Waals surface area contributed by atoms with E-state index in [-0.39, 0.29) is 19.3 Å². The van der Waals surface area contributed by atoms with E-state index in [1.807, 2.05) is 53.4 Å². The van der Waals surface area contributed by atoms with Gasteiger partial charge in [0.15, 0.2) is 0 Å². The number of nitrogens with one attached hydrogen (secondary N) is 1. The van der Waals surface area contributed by atoms with Crippen molar-refractivity contribution in [2.24, 2.45) is 0 Å². The van der Waals surface area contributed by atoms with E-state index in [1.165, 1.54) is 5.56 Å². The van der Waals surface area contributed by atoms with E-state index in [0.717, 1.165) is 33.5 Å². The summed E-state index contributed by atoms with van der Waals surface area (Å²) in [6, 6.07) is 16.3. The monoisotopic (exact) mass is 388 g/mol. The molecule has 0 aliphatic rings. The Hall–Kier alpha value is -3.22. The summed E-state index contributed by atoms with van der Waals surface area (Å²) >= 11 is 0. The first kappa shape index (κ1) is 19.1.